The molecule has 0 aliphatic heterocycles. The SMILES string of the molecule is Fc1ccc(Br)cc1CNCC(F)(F)c1ccccc1. The average Bonchev–Trinajstić information content (AvgIpc) is 2.43. The Morgan fingerprint density at radius 3 is 2.45 bits per heavy atom. The van der Waals surface area contributed by atoms with Crippen molar-refractivity contribution in [2.75, 3.05) is 6.54 Å². The van der Waals surface area contributed by atoms with Crippen molar-refractivity contribution < 1.29 is 13.2 Å². The van der Waals surface area contributed by atoms with E-state index in [1.807, 2.05) is 0 Å². The second-order valence-corrected chi connectivity index (χ2v) is 5.33. The van der Waals surface area contributed by atoms with E-state index in [1.165, 1.54) is 18.2 Å². The summed E-state index contributed by atoms with van der Waals surface area (Å²) in [6.07, 6.45) is 0. The van der Waals surface area contributed by atoms with E-state index in [4.69, 9.17) is 0 Å². The highest BCUT2D eigenvalue weighted by molar-refractivity contribution is 9.10. The highest BCUT2D eigenvalue weighted by Gasteiger charge is 2.30. The Bertz CT molecular complexity index is 573. The van der Waals surface area contributed by atoms with E-state index >= 15 is 0 Å². The minimum atomic E-state index is -2.98. The molecule has 1 nitrogen and oxygen atoms in total. The van der Waals surface area contributed by atoms with Crippen LogP contribution in [0, 0.1) is 5.82 Å². The van der Waals surface area contributed by atoms with Crippen molar-refractivity contribution in [1.82, 2.24) is 5.32 Å². The average molecular weight is 344 g/mol. The minimum Gasteiger partial charge on any atom is -0.307 e. The van der Waals surface area contributed by atoms with Gasteiger partial charge in [-0.1, -0.05) is 46.3 Å². The maximum Gasteiger partial charge on any atom is 0.285 e. The van der Waals surface area contributed by atoms with E-state index in [0.29, 0.717) is 10.0 Å². The lowest BCUT2D eigenvalue weighted by atomic mass is 10.1. The summed E-state index contributed by atoms with van der Waals surface area (Å²) < 4.78 is 41.9. The highest BCUT2D eigenvalue weighted by Crippen LogP contribution is 2.26. The van der Waals surface area contributed by atoms with Crippen molar-refractivity contribution in [2.24, 2.45) is 0 Å². The van der Waals surface area contributed by atoms with Gasteiger partial charge in [0.15, 0.2) is 0 Å². The van der Waals surface area contributed by atoms with Crippen molar-refractivity contribution >= 4 is 15.9 Å². The number of alkyl halides is 2. The molecule has 106 valence electrons. The summed E-state index contributed by atoms with van der Waals surface area (Å²) in [4.78, 5) is 0. The van der Waals surface area contributed by atoms with Crippen LogP contribution in [0.2, 0.25) is 0 Å². The summed E-state index contributed by atoms with van der Waals surface area (Å²) in [7, 11) is 0. The molecule has 2 aromatic carbocycles. The monoisotopic (exact) mass is 343 g/mol. The topological polar surface area (TPSA) is 12.0 Å². The zero-order valence-electron chi connectivity index (χ0n) is 10.5. The van der Waals surface area contributed by atoms with Gasteiger partial charge in [-0.05, 0) is 18.2 Å². The van der Waals surface area contributed by atoms with E-state index in [2.05, 4.69) is 21.2 Å². The molecular weight excluding hydrogens is 331 g/mol. The van der Waals surface area contributed by atoms with E-state index in [9.17, 15) is 13.2 Å². The van der Waals surface area contributed by atoms with Crippen LogP contribution >= 0.6 is 15.9 Å². The van der Waals surface area contributed by atoms with Crippen LogP contribution in [0.3, 0.4) is 0 Å². The van der Waals surface area contributed by atoms with Gasteiger partial charge in [0, 0.05) is 22.1 Å². The molecule has 0 heterocycles. The van der Waals surface area contributed by atoms with Crippen LogP contribution in [-0.4, -0.2) is 6.54 Å². The Morgan fingerprint density at radius 1 is 1.05 bits per heavy atom. The lowest BCUT2D eigenvalue weighted by Gasteiger charge is -2.17. The zero-order valence-corrected chi connectivity index (χ0v) is 12.1. The third-order valence-electron chi connectivity index (χ3n) is 2.87. The Kier molecular flexibility index (Phi) is 4.83. The van der Waals surface area contributed by atoms with E-state index in [0.717, 1.165) is 0 Å². The summed E-state index contributed by atoms with van der Waals surface area (Å²) in [5.74, 6) is -3.40. The largest absolute Gasteiger partial charge is 0.307 e. The quantitative estimate of drug-likeness (QED) is 0.844. The molecule has 2 aromatic rings. The first-order valence-corrected chi connectivity index (χ1v) is 6.86. The Hall–Kier alpha value is -1.33. The number of benzene rings is 2. The Balaban J connectivity index is 1.97. The molecule has 5 heteroatoms. The fourth-order valence-corrected chi connectivity index (χ4v) is 2.23. The summed E-state index contributed by atoms with van der Waals surface area (Å²) in [5, 5.41) is 2.60. The normalized spacial score (nSPS) is 11.6. The first-order valence-electron chi connectivity index (χ1n) is 6.07. The van der Waals surface area contributed by atoms with E-state index in [1.54, 1.807) is 30.3 Å². The van der Waals surface area contributed by atoms with Crippen LogP contribution in [-0.2, 0) is 12.5 Å². The zero-order chi connectivity index (χ0) is 14.6. The molecule has 0 spiro atoms. The van der Waals surface area contributed by atoms with Crippen molar-refractivity contribution in [3.8, 4) is 0 Å². The third-order valence-corrected chi connectivity index (χ3v) is 3.36. The van der Waals surface area contributed by atoms with Gasteiger partial charge in [0.05, 0.1) is 6.54 Å². The molecular formula is C15H13BrF3N. The Morgan fingerprint density at radius 2 is 1.75 bits per heavy atom. The van der Waals surface area contributed by atoms with Crippen LogP contribution in [0.4, 0.5) is 13.2 Å². The predicted octanol–water partition coefficient (Wildman–Crippen LogP) is 4.47. The number of rotatable bonds is 5. The van der Waals surface area contributed by atoms with Gasteiger partial charge >= 0.3 is 0 Å². The molecule has 1 N–H and O–H groups in total. The molecule has 0 amide bonds. The second-order valence-electron chi connectivity index (χ2n) is 4.41. The van der Waals surface area contributed by atoms with Crippen molar-refractivity contribution in [1.29, 1.82) is 0 Å². The van der Waals surface area contributed by atoms with Gasteiger partial charge in [-0.15, -0.1) is 0 Å². The van der Waals surface area contributed by atoms with Gasteiger partial charge in [0.2, 0.25) is 0 Å². The van der Waals surface area contributed by atoms with Crippen molar-refractivity contribution in [3.05, 3.63) is 69.9 Å². The Labute approximate surface area is 123 Å². The molecule has 0 aliphatic rings. The van der Waals surface area contributed by atoms with E-state index in [-0.39, 0.29) is 12.1 Å². The molecule has 20 heavy (non-hydrogen) atoms. The molecule has 0 bridgehead atoms. The maximum atomic E-state index is 13.9. The predicted molar refractivity (Wildman–Crippen MR) is 76.1 cm³/mol. The first-order chi connectivity index (χ1) is 9.49. The smallest absolute Gasteiger partial charge is 0.285 e. The third kappa shape index (κ3) is 3.84. The molecule has 0 fully saturated rings. The van der Waals surface area contributed by atoms with Gasteiger partial charge in [-0.2, -0.15) is 8.78 Å². The van der Waals surface area contributed by atoms with Crippen LogP contribution in [0.15, 0.2) is 53.0 Å². The van der Waals surface area contributed by atoms with Crippen LogP contribution < -0.4 is 5.32 Å². The molecule has 0 aliphatic carbocycles. The van der Waals surface area contributed by atoms with Crippen LogP contribution in [0.5, 0.6) is 0 Å². The fraction of sp³-hybridized carbons (Fsp3) is 0.200. The molecule has 0 saturated carbocycles. The van der Waals surface area contributed by atoms with Gasteiger partial charge < -0.3 is 5.32 Å². The van der Waals surface area contributed by atoms with Crippen LogP contribution in [0.1, 0.15) is 11.1 Å². The number of nitrogens with one attached hydrogen (secondary N) is 1. The molecule has 2 rings (SSSR count). The number of hydrogen-bond donors (Lipinski definition) is 1. The summed E-state index contributed by atoms with van der Waals surface area (Å²) in [6, 6.07) is 12.0. The van der Waals surface area contributed by atoms with Crippen LogP contribution in [0.25, 0.3) is 0 Å². The maximum absolute atomic E-state index is 13.9. The lowest BCUT2D eigenvalue weighted by Crippen LogP contribution is -2.30. The molecule has 0 saturated heterocycles. The summed E-state index contributed by atoms with van der Waals surface area (Å²) >= 11 is 3.22. The van der Waals surface area contributed by atoms with Gasteiger partial charge in [0.25, 0.3) is 5.92 Å². The van der Waals surface area contributed by atoms with E-state index < -0.39 is 18.3 Å². The molecule has 0 aromatic heterocycles. The van der Waals surface area contributed by atoms with Gasteiger partial charge in [-0.25, -0.2) is 4.39 Å². The fourth-order valence-electron chi connectivity index (χ4n) is 1.82. The molecule has 0 atom stereocenters. The first kappa shape index (κ1) is 15.1. The molecule has 0 unspecified atom stereocenters. The van der Waals surface area contributed by atoms with Gasteiger partial charge in [0.1, 0.15) is 5.82 Å². The number of hydrogen-bond acceptors (Lipinski definition) is 1. The van der Waals surface area contributed by atoms with Crippen molar-refractivity contribution in [2.45, 2.75) is 12.5 Å². The number of halogens is 4. The standard InChI is InChI=1S/C15H13BrF3N/c16-13-6-7-14(17)11(8-13)9-20-10-15(18,19)12-4-2-1-3-5-12/h1-8,20H,9-10H2. The summed E-state index contributed by atoms with van der Waals surface area (Å²) in [6.45, 7) is -0.489. The molecule has 0 radical (unpaired) electrons. The lowest BCUT2D eigenvalue weighted by molar-refractivity contribution is -0.00349. The second kappa shape index (κ2) is 6.41. The highest BCUT2D eigenvalue weighted by atomic mass is 79.9. The van der Waals surface area contributed by atoms with Gasteiger partial charge in [-0.3, -0.25) is 0 Å². The summed E-state index contributed by atoms with van der Waals surface area (Å²) in [5.41, 5.74) is 0.297. The minimum absolute atomic E-state index is 0.0493. The van der Waals surface area contributed by atoms with Crippen molar-refractivity contribution in [3.63, 3.8) is 0 Å².